The van der Waals surface area contributed by atoms with Gasteiger partial charge in [-0.1, -0.05) is 64.7 Å². The minimum Gasteiger partial charge on any atom is -0.216 e. The van der Waals surface area contributed by atoms with Crippen molar-refractivity contribution in [3.05, 3.63) is 0 Å². The van der Waals surface area contributed by atoms with E-state index in [1.165, 1.54) is 51.4 Å². The summed E-state index contributed by atoms with van der Waals surface area (Å²) in [6.45, 7) is 2.70. The van der Waals surface area contributed by atoms with Crippen molar-refractivity contribution in [2.24, 2.45) is 5.14 Å². The molecular formula is C12H28N2O2S. The van der Waals surface area contributed by atoms with Crippen LogP contribution in [0.3, 0.4) is 0 Å². The lowest BCUT2D eigenvalue weighted by Crippen LogP contribution is -2.31. The van der Waals surface area contributed by atoms with Crippen LogP contribution in [0.4, 0.5) is 0 Å². The summed E-state index contributed by atoms with van der Waals surface area (Å²) < 4.78 is 23.4. The van der Waals surface area contributed by atoms with Gasteiger partial charge >= 0.3 is 0 Å². The molecule has 0 aromatic heterocycles. The Bertz CT molecular complexity index is 253. The fourth-order valence-corrected chi connectivity index (χ4v) is 2.26. The van der Waals surface area contributed by atoms with Crippen LogP contribution in [0.5, 0.6) is 0 Å². The molecule has 0 saturated heterocycles. The second-order valence-electron chi connectivity index (χ2n) is 4.62. The molecule has 0 aromatic carbocycles. The molecule has 104 valence electrons. The molecule has 0 aromatic rings. The Morgan fingerprint density at radius 3 is 1.65 bits per heavy atom. The monoisotopic (exact) mass is 264 g/mol. The zero-order valence-corrected chi connectivity index (χ0v) is 11.9. The summed E-state index contributed by atoms with van der Waals surface area (Å²) in [7, 11) is -3.48. The summed E-state index contributed by atoms with van der Waals surface area (Å²) in [5.41, 5.74) is 0. The van der Waals surface area contributed by atoms with Crippen molar-refractivity contribution in [3.63, 3.8) is 0 Å². The highest BCUT2D eigenvalue weighted by atomic mass is 32.2. The van der Waals surface area contributed by atoms with Crippen LogP contribution in [-0.2, 0) is 10.2 Å². The van der Waals surface area contributed by atoms with Crippen molar-refractivity contribution >= 4 is 10.2 Å². The van der Waals surface area contributed by atoms with Gasteiger partial charge in [-0.15, -0.1) is 0 Å². The highest BCUT2D eigenvalue weighted by Gasteiger charge is 1.98. The highest BCUT2D eigenvalue weighted by Crippen LogP contribution is 2.10. The van der Waals surface area contributed by atoms with E-state index in [1.807, 2.05) is 0 Å². The van der Waals surface area contributed by atoms with Gasteiger partial charge in [0.15, 0.2) is 0 Å². The third-order valence-electron chi connectivity index (χ3n) is 2.83. The first-order valence-corrected chi connectivity index (χ1v) is 8.38. The summed E-state index contributed by atoms with van der Waals surface area (Å²) >= 11 is 0. The summed E-state index contributed by atoms with van der Waals surface area (Å²) in [4.78, 5) is 0. The Kier molecular flexibility index (Phi) is 10.9. The molecule has 4 nitrogen and oxygen atoms in total. The highest BCUT2D eigenvalue weighted by molar-refractivity contribution is 7.87. The number of hydrogen-bond donors (Lipinski definition) is 2. The minimum atomic E-state index is -3.48. The first-order valence-electron chi connectivity index (χ1n) is 6.83. The van der Waals surface area contributed by atoms with Gasteiger partial charge < -0.3 is 0 Å². The average Bonchev–Trinajstić information content (AvgIpc) is 2.24. The molecule has 0 aliphatic rings. The smallest absolute Gasteiger partial charge is 0.216 e. The summed E-state index contributed by atoms with van der Waals surface area (Å²) in [6.07, 6.45) is 12.5. The third kappa shape index (κ3) is 15.9. The van der Waals surface area contributed by atoms with Gasteiger partial charge in [0.2, 0.25) is 0 Å². The van der Waals surface area contributed by atoms with E-state index in [0.717, 1.165) is 12.8 Å². The summed E-state index contributed by atoms with van der Waals surface area (Å²) in [5, 5.41) is 4.82. The number of hydrogen-bond acceptors (Lipinski definition) is 2. The van der Waals surface area contributed by atoms with Gasteiger partial charge in [0.05, 0.1) is 0 Å². The van der Waals surface area contributed by atoms with Crippen LogP contribution in [0.2, 0.25) is 0 Å². The second-order valence-corrected chi connectivity index (χ2v) is 6.00. The lowest BCUT2D eigenvalue weighted by atomic mass is 10.1. The van der Waals surface area contributed by atoms with E-state index in [0.29, 0.717) is 6.54 Å². The first-order chi connectivity index (χ1) is 8.06. The molecule has 17 heavy (non-hydrogen) atoms. The van der Waals surface area contributed by atoms with E-state index in [4.69, 9.17) is 5.14 Å². The van der Waals surface area contributed by atoms with Gasteiger partial charge in [0.25, 0.3) is 10.2 Å². The van der Waals surface area contributed by atoms with E-state index in [2.05, 4.69) is 11.6 Å². The van der Waals surface area contributed by atoms with Crippen LogP contribution < -0.4 is 9.86 Å². The van der Waals surface area contributed by atoms with Crippen molar-refractivity contribution in [2.75, 3.05) is 6.54 Å². The van der Waals surface area contributed by atoms with E-state index < -0.39 is 10.2 Å². The standard InChI is InChI=1S/C12H28N2O2S/c1-2-3-4-5-6-7-8-9-10-11-12-14-17(13,15)16/h14H,2-12H2,1H3,(H2,13,15,16). The molecule has 0 fully saturated rings. The molecule has 0 heterocycles. The molecule has 0 amide bonds. The van der Waals surface area contributed by atoms with Crippen molar-refractivity contribution in [3.8, 4) is 0 Å². The van der Waals surface area contributed by atoms with Gasteiger partial charge in [-0.2, -0.15) is 8.42 Å². The molecular weight excluding hydrogens is 236 g/mol. The van der Waals surface area contributed by atoms with Crippen LogP contribution in [-0.4, -0.2) is 15.0 Å². The maximum Gasteiger partial charge on any atom is 0.274 e. The Balaban J connectivity index is 3.04. The molecule has 0 radical (unpaired) electrons. The Morgan fingerprint density at radius 1 is 0.824 bits per heavy atom. The maximum absolute atomic E-state index is 10.6. The van der Waals surface area contributed by atoms with Crippen LogP contribution in [0, 0.1) is 0 Å². The van der Waals surface area contributed by atoms with Crippen molar-refractivity contribution in [1.82, 2.24) is 4.72 Å². The quantitative estimate of drug-likeness (QED) is 0.532. The molecule has 0 aliphatic heterocycles. The molecule has 0 aliphatic carbocycles. The number of unbranched alkanes of at least 4 members (excludes halogenated alkanes) is 9. The third-order valence-corrected chi connectivity index (χ3v) is 3.44. The molecule has 3 N–H and O–H groups in total. The normalized spacial score (nSPS) is 11.9. The lowest BCUT2D eigenvalue weighted by molar-refractivity contribution is 0.549. The Labute approximate surface area is 107 Å². The van der Waals surface area contributed by atoms with Gasteiger partial charge in [0, 0.05) is 6.54 Å². The minimum absolute atomic E-state index is 0.468. The molecule has 0 bridgehead atoms. The average molecular weight is 264 g/mol. The topological polar surface area (TPSA) is 72.2 Å². The van der Waals surface area contributed by atoms with Gasteiger partial charge in [-0.25, -0.2) is 9.86 Å². The lowest BCUT2D eigenvalue weighted by Gasteiger charge is -2.03. The molecule has 0 saturated carbocycles. The number of nitrogens with two attached hydrogens (primary N) is 1. The van der Waals surface area contributed by atoms with Crippen LogP contribution in [0.15, 0.2) is 0 Å². The van der Waals surface area contributed by atoms with E-state index in [1.54, 1.807) is 0 Å². The molecule has 5 heteroatoms. The SMILES string of the molecule is CCCCCCCCCCCCNS(N)(=O)=O. The fraction of sp³-hybridized carbons (Fsp3) is 1.00. The predicted octanol–water partition coefficient (Wildman–Crippen LogP) is 2.70. The predicted molar refractivity (Wildman–Crippen MR) is 73.0 cm³/mol. The van der Waals surface area contributed by atoms with E-state index >= 15 is 0 Å². The largest absolute Gasteiger partial charge is 0.274 e. The van der Waals surface area contributed by atoms with Gasteiger partial charge in [-0.3, -0.25) is 0 Å². The van der Waals surface area contributed by atoms with Crippen LogP contribution >= 0.6 is 0 Å². The van der Waals surface area contributed by atoms with Crippen molar-refractivity contribution in [2.45, 2.75) is 71.1 Å². The zero-order valence-electron chi connectivity index (χ0n) is 11.1. The molecule has 0 rings (SSSR count). The van der Waals surface area contributed by atoms with Crippen molar-refractivity contribution in [1.29, 1.82) is 0 Å². The maximum atomic E-state index is 10.6. The number of nitrogens with one attached hydrogen (secondary N) is 1. The second kappa shape index (κ2) is 11.0. The van der Waals surface area contributed by atoms with Crippen LogP contribution in [0.1, 0.15) is 71.1 Å². The summed E-state index contributed by atoms with van der Waals surface area (Å²) in [6, 6.07) is 0. The Morgan fingerprint density at radius 2 is 1.24 bits per heavy atom. The Hall–Kier alpha value is -0.130. The fourth-order valence-electron chi connectivity index (χ4n) is 1.83. The molecule has 0 atom stereocenters. The van der Waals surface area contributed by atoms with Crippen molar-refractivity contribution < 1.29 is 8.42 Å². The molecule has 0 spiro atoms. The van der Waals surface area contributed by atoms with E-state index in [-0.39, 0.29) is 0 Å². The van der Waals surface area contributed by atoms with Gasteiger partial charge in [0.1, 0.15) is 0 Å². The van der Waals surface area contributed by atoms with Crippen LogP contribution in [0.25, 0.3) is 0 Å². The van der Waals surface area contributed by atoms with E-state index in [9.17, 15) is 8.42 Å². The number of rotatable bonds is 12. The zero-order chi connectivity index (χ0) is 13.0. The first kappa shape index (κ1) is 16.9. The summed E-state index contributed by atoms with van der Waals surface area (Å²) in [5.74, 6) is 0. The molecule has 0 unspecified atom stereocenters. The van der Waals surface area contributed by atoms with Gasteiger partial charge in [-0.05, 0) is 6.42 Å².